The summed E-state index contributed by atoms with van der Waals surface area (Å²) in [6, 6.07) is 10.8. The van der Waals surface area contributed by atoms with E-state index in [1.807, 2.05) is 56.6 Å². The van der Waals surface area contributed by atoms with Gasteiger partial charge in [-0.05, 0) is 43.7 Å². The fourth-order valence-corrected chi connectivity index (χ4v) is 3.75. The van der Waals surface area contributed by atoms with E-state index in [0.29, 0.717) is 18.1 Å². The van der Waals surface area contributed by atoms with Crippen LogP contribution in [0.2, 0.25) is 0 Å². The maximum absolute atomic E-state index is 14.3. The minimum absolute atomic E-state index is 0.0435. The average molecular weight is 490 g/mol. The molecule has 2 aromatic carbocycles. The number of amidine groups is 1. The van der Waals surface area contributed by atoms with Gasteiger partial charge in [0.25, 0.3) is 5.92 Å². The number of pyridine rings is 1. The second-order valence-electron chi connectivity index (χ2n) is 8.40. The Morgan fingerprint density at radius 3 is 2.58 bits per heavy atom. The number of halogens is 3. The molecular formula is C28H26F3N5. The molecule has 184 valence electrons. The third kappa shape index (κ3) is 5.50. The fraction of sp³-hybridized carbons (Fsp3) is 0.179. The van der Waals surface area contributed by atoms with Crippen LogP contribution in [0.3, 0.4) is 0 Å². The monoisotopic (exact) mass is 489 g/mol. The lowest BCUT2D eigenvalue weighted by Crippen LogP contribution is -2.31. The SMILES string of the molecule is C=C(Nc1ccc(-c2ncc(C)c3c2=CNC(=NCC)C=C=3)cc1)Nc1ccc(C(C)(F)F)cc1F. The van der Waals surface area contributed by atoms with E-state index in [0.717, 1.165) is 46.1 Å². The van der Waals surface area contributed by atoms with Crippen molar-refractivity contribution in [3.8, 4) is 11.3 Å². The van der Waals surface area contributed by atoms with Crippen LogP contribution in [-0.4, -0.2) is 17.4 Å². The minimum atomic E-state index is -3.12. The summed E-state index contributed by atoms with van der Waals surface area (Å²) in [6.07, 6.45) is 5.54. The van der Waals surface area contributed by atoms with Crippen LogP contribution >= 0.6 is 0 Å². The number of alkyl halides is 2. The van der Waals surface area contributed by atoms with Gasteiger partial charge in [0.15, 0.2) is 0 Å². The molecule has 3 N–H and O–H groups in total. The van der Waals surface area contributed by atoms with Crippen LogP contribution in [0, 0.1) is 12.7 Å². The summed E-state index contributed by atoms with van der Waals surface area (Å²) in [6.45, 7) is 9.20. The highest BCUT2D eigenvalue weighted by Gasteiger charge is 2.25. The maximum atomic E-state index is 14.3. The number of nitrogens with one attached hydrogen (secondary N) is 3. The molecule has 0 amide bonds. The third-order valence-corrected chi connectivity index (χ3v) is 5.57. The first-order valence-electron chi connectivity index (χ1n) is 11.4. The number of nitrogens with zero attached hydrogens (tertiary/aromatic N) is 2. The Hall–Kier alpha value is -4.29. The lowest BCUT2D eigenvalue weighted by atomic mass is 10.1. The van der Waals surface area contributed by atoms with E-state index in [1.165, 1.54) is 12.1 Å². The van der Waals surface area contributed by atoms with Gasteiger partial charge in [0, 0.05) is 59.2 Å². The second kappa shape index (κ2) is 10.1. The molecule has 0 bridgehead atoms. The first kappa shape index (κ1) is 24.8. The van der Waals surface area contributed by atoms with Crippen LogP contribution < -0.4 is 26.4 Å². The van der Waals surface area contributed by atoms with Gasteiger partial charge in [-0.25, -0.2) is 13.2 Å². The van der Waals surface area contributed by atoms with Crippen LogP contribution in [0.1, 0.15) is 25.0 Å². The number of aryl methyl sites for hydroxylation is 1. The van der Waals surface area contributed by atoms with Crippen LogP contribution in [0.4, 0.5) is 24.5 Å². The summed E-state index contributed by atoms with van der Waals surface area (Å²) in [5, 5.41) is 10.9. The average Bonchev–Trinajstić information content (AvgIpc) is 3.04. The normalized spacial score (nSPS) is 13.7. The Kier molecular flexibility index (Phi) is 6.99. The third-order valence-electron chi connectivity index (χ3n) is 5.57. The molecule has 8 heteroatoms. The summed E-state index contributed by atoms with van der Waals surface area (Å²) >= 11 is 0. The van der Waals surface area contributed by atoms with Gasteiger partial charge >= 0.3 is 0 Å². The molecule has 2 heterocycles. The molecule has 1 aliphatic rings. The first-order valence-corrected chi connectivity index (χ1v) is 11.4. The zero-order chi connectivity index (χ0) is 25.9. The van der Waals surface area contributed by atoms with Crippen LogP contribution in [0.25, 0.3) is 23.2 Å². The summed E-state index contributed by atoms with van der Waals surface area (Å²) in [7, 11) is 0. The molecular weight excluding hydrogens is 463 g/mol. The predicted molar refractivity (Wildman–Crippen MR) is 140 cm³/mol. The molecule has 0 atom stereocenters. The minimum Gasteiger partial charge on any atom is -0.346 e. The molecule has 36 heavy (non-hydrogen) atoms. The smallest absolute Gasteiger partial charge is 0.270 e. The topological polar surface area (TPSA) is 61.3 Å². The second-order valence-corrected chi connectivity index (χ2v) is 8.40. The van der Waals surface area contributed by atoms with Gasteiger partial charge in [-0.3, -0.25) is 9.98 Å². The highest BCUT2D eigenvalue weighted by atomic mass is 19.3. The van der Waals surface area contributed by atoms with Gasteiger partial charge in [-0.1, -0.05) is 24.8 Å². The molecule has 0 saturated heterocycles. The molecule has 1 aliphatic heterocycles. The number of aromatic nitrogens is 1. The van der Waals surface area contributed by atoms with Crippen LogP contribution in [0.15, 0.2) is 72.1 Å². The molecule has 0 saturated carbocycles. The van der Waals surface area contributed by atoms with Crippen LogP contribution in [-0.2, 0) is 5.92 Å². The van der Waals surface area contributed by atoms with Gasteiger partial charge < -0.3 is 16.0 Å². The van der Waals surface area contributed by atoms with Crippen LogP contribution in [0.5, 0.6) is 0 Å². The standard InChI is InChI=1S/C28H26F3N5/c1-5-32-26-13-11-22-17(2)15-34-27(23(22)16-33-26)19-6-9-21(10-7-19)35-18(3)36-25-12-8-20(14-24(25)29)28(4,30)31/h6-10,12-16,35-36H,3,5H2,1-2,4H3,(H,32,33). The number of aliphatic imine (C=N–C) groups is 1. The highest BCUT2D eigenvalue weighted by Crippen LogP contribution is 2.29. The lowest BCUT2D eigenvalue weighted by Gasteiger charge is -2.15. The van der Waals surface area contributed by atoms with Crippen molar-refractivity contribution in [2.75, 3.05) is 17.2 Å². The fourth-order valence-electron chi connectivity index (χ4n) is 3.75. The first-order chi connectivity index (χ1) is 17.2. The number of anilines is 2. The lowest BCUT2D eigenvalue weighted by molar-refractivity contribution is 0.0172. The van der Waals surface area contributed by atoms with Crippen molar-refractivity contribution >= 4 is 29.1 Å². The Morgan fingerprint density at radius 2 is 1.92 bits per heavy atom. The van der Waals surface area contributed by atoms with E-state index >= 15 is 0 Å². The Bertz CT molecular complexity index is 1500. The van der Waals surface area contributed by atoms with Crippen molar-refractivity contribution < 1.29 is 13.2 Å². The number of fused-ring (bicyclic) bond motifs is 1. The zero-order valence-corrected chi connectivity index (χ0v) is 20.2. The van der Waals surface area contributed by atoms with Gasteiger partial charge in [0.1, 0.15) is 17.5 Å². The van der Waals surface area contributed by atoms with E-state index < -0.39 is 17.3 Å². The van der Waals surface area contributed by atoms with E-state index in [-0.39, 0.29) is 5.69 Å². The van der Waals surface area contributed by atoms with Crippen molar-refractivity contribution in [2.24, 2.45) is 4.99 Å². The largest absolute Gasteiger partial charge is 0.346 e. The Morgan fingerprint density at radius 1 is 1.17 bits per heavy atom. The summed E-state index contributed by atoms with van der Waals surface area (Å²) in [4.78, 5) is 9.05. The van der Waals surface area contributed by atoms with Crippen molar-refractivity contribution in [3.63, 3.8) is 0 Å². The van der Waals surface area contributed by atoms with Crippen molar-refractivity contribution in [1.29, 1.82) is 0 Å². The zero-order valence-electron chi connectivity index (χ0n) is 20.2. The molecule has 5 nitrogen and oxygen atoms in total. The summed E-state index contributed by atoms with van der Waals surface area (Å²) in [5.41, 5.74) is 6.37. The highest BCUT2D eigenvalue weighted by molar-refractivity contribution is 5.97. The van der Waals surface area contributed by atoms with E-state index in [2.05, 4.69) is 38.2 Å². The van der Waals surface area contributed by atoms with Crippen molar-refractivity contribution in [3.05, 3.63) is 94.5 Å². The molecule has 0 radical (unpaired) electrons. The number of hydrogen-bond donors (Lipinski definition) is 3. The van der Waals surface area contributed by atoms with Crippen molar-refractivity contribution in [1.82, 2.24) is 10.3 Å². The van der Waals surface area contributed by atoms with E-state index in [1.54, 1.807) is 0 Å². The molecule has 0 spiro atoms. The summed E-state index contributed by atoms with van der Waals surface area (Å²) < 4.78 is 41.1. The van der Waals surface area contributed by atoms with Gasteiger partial charge in [0.05, 0.1) is 11.4 Å². The Balaban J connectivity index is 1.53. The molecule has 4 rings (SSSR count). The summed E-state index contributed by atoms with van der Waals surface area (Å²) in [5.74, 6) is -2.88. The predicted octanol–water partition coefficient (Wildman–Crippen LogP) is 5.00. The molecule has 0 aliphatic carbocycles. The Labute approximate surface area is 207 Å². The molecule has 0 fully saturated rings. The number of rotatable bonds is 7. The number of hydrogen-bond acceptors (Lipinski definition) is 4. The van der Waals surface area contributed by atoms with E-state index in [9.17, 15) is 13.2 Å². The molecule has 1 aromatic heterocycles. The maximum Gasteiger partial charge on any atom is 0.270 e. The van der Waals surface area contributed by atoms with Crippen molar-refractivity contribution in [2.45, 2.75) is 26.7 Å². The van der Waals surface area contributed by atoms with E-state index in [4.69, 9.17) is 0 Å². The molecule has 0 unspecified atom stereocenters. The quantitative estimate of drug-likeness (QED) is 0.437. The van der Waals surface area contributed by atoms with Gasteiger partial charge in [-0.2, -0.15) is 0 Å². The van der Waals surface area contributed by atoms with Gasteiger partial charge in [0.2, 0.25) is 0 Å². The molecule has 3 aromatic rings. The van der Waals surface area contributed by atoms with Gasteiger partial charge in [-0.15, -0.1) is 5.73 Å². The number of benzene rings is 2.